The molecule has 2 N–H and O–H groups in total. The summed E-state index contributed by atoms with van der Waals surface area (Å²) in [5.74, 6) is -0.399. The predicted molar refractivity (Wildman–Crippen MR) is 113 cm³/mol. The summed E-state index contributed by atoms with van der Waals surface area (Å²) in [4.78, 5) is 9.89. The highest BCUT2D eigenvalue weighted by Gasteiger charge is 2.33. The first-order chi connectivity index (χ1) is 15.1. The van der Waals surface area contributed by atoms with Gasteiger partial charge >= 0.3 is 11.9 Å². The number of anilines is 1. The van der Waals surface area contributed by atoms with E-state index in [2.05, 4.69) is 10.2 Å². The van der Waals surface area contributed by atoms with Gasteiger partial charge in [0.15, 0.2) is 0 Å². The molecule has 0 saturated carbocycles. The van der Waals surface area contributed by atoms with Crippen LogP contribution in [-0.2, 0) is 6.18 Å². The first-order valence-corrected chi connectivity index (χ1v) is 9.44. The number of aromatic nitrogens is 4. The van der Waals surface area contributed by atoms with Crippen molar-refractivity contribution in [1.29, 1.82) is 0 Å². The molecule has 166 valence electrons. The molecule has 0 fully saturated rings. The second kappa shape index (κ2) is 9.28. The molecule has 0 aliphatic rings. The summed E-state index contributed by atoms with van der Waals surface area (Å²) >= 11 is 11.5. The Morgan fingerprint density at radius 3 is 2.12 bits per heavy atom. The largest absolute Gasteiger partial charge is 0.416 e. The number of rotatable bonds is 3. The Labute approximate surface area is 188 Å². The molecule has 4 aromatic rings. The SMILES string of the molecule is Nc1c([N+](=O)[O-])cnn1-c1c(Cl)cc(C(F)(F)F)cc1Cl.c1ccc(-n2cccn2)cc1. The average molecular weight is 485 g/mol. The van der Waals surface area contributed by atoms with Gasteiger partial charge in [-0.15, -0.1) is 0 Å². The molecule has 0 aliphatic carbocycles. The highest BCUT2D eigenvalue weighted by atomic mass is 35.5. The molecule has 0 bridgehead atoms. The van der Waals surface area contributed by atoms with Gasteiger partial charge < -0.3 is 5.73 Å². The fraction of sp³-hybridized carbons (Fsp3) is 0.0526. The maximum Gasteiger partial charge on any atom is 0.416 e. The van der Waals surface area contributed by atoms with Crippen molar-refractivity contribution in [1.82, 2.24) is 19.6 Å². The molecule has 2 aromatic heterocycles. The minimum absolute atomic E-state index is 0.170. The molecular formula is C19H13Cl2F3N6O2. The van der Waals surface area contributed by atoms with E-state index >= 15 is 0 Å². The van der Waals surface area contributed by atoms with Crippen LogP contribution in [0.4, 0.5) is 24.7 Å². The number of nitro groups is 1. The molecule has 2 aromatic carbocycles. The van der Waals surface area contributed by atoms with Crippen LogP contribution in [0, 0.1) is 10.1 Å². The lowest BCUT2D eigenvalue weighted by Crippen LogP contribution is -2.08. The van der Waals surface area contributed by atoms with E-state index in [9.17, 15) is 23.3 Å². The van der Waals surface area contributed by atoms with Crippen LogP contribution >= 0.6 is 23.2 Å². The van der Waals surface area contributed by atoms with Gasteiger partial charge in [-0.05, 0) is 30.3 Å². The van der Waals surface area contributed by atoms with Gasteiger partial charge in [-0.1, -0.05) is 41.4 Å². The zero-order valence-corrected chi connectivity index (χ0v) is 17.4. The number of nitrogen functional groups attached to an aromatic ring is 1. The third kappa shape index (κ3) is 5.01. The van der Waals surface area contributed by atoms with Crippen molar-refractivity contribution >= 4 is 34.7 Å². The average Bonchev–Trinajstić information content (AvgIpc) is 3.39. The van der Waals surface area contributed by atoms with Crippen molar-refractivity contribution in [2.75, 3.05) is 5.73 Å². The van der Waals surface area contributed by atoms with E-state index in [4.69, 9.17) is 28.9 Å². The molecule has 32 heavy (non-hydrogen) atoms. The van der Waals surface area contributed by atoms with E-state index in [1.54, 1.807) is 6.20 Å². The summed E-state index contributed by atoms with van der Waals surface area (Å²) in [5.41, 5.74) is 4.88. The molecule has 13 heteroatoms. The van der Waals surface area contributed by atoms with Crippen molar-refractivity contribution < 1.29 is 18.1 Å². The molecule has 0 amide bonds. The molecule has 0 saturated heterocycles. The zero-order chi connectivity index (χ0) is 23.5. The molecule has 0 atom stereocenters. The monoisotopic (exact) mass is 484 g/mol. The maximum atomic E-state index is 12.6. The van der Waals surface area contributed by atoms with Crippen LogP contribution in [0.2, 0.25) is 10.0 Å². The number of nitrogens with two attached hydrogens (primary N) is 1. The molecule has 4 rings (SSSR count). The number of nitrogens with zero attached hydrogens (tertiary/aromatic N) is 5. The van der Waals surface area contributed by atoms with Gasteiger partial charge in [-0.25, -0.2) is 9.36 Å². The van der Waals surface area contributed by atoms with Crippen LogP contribution in [-0.4, -0.2) is 24.5 Å². The van der Waals surface area contributed by atoms with Crippen LogP contribution < -0.4 is 5.73 Å². The Kier molecular flexibility index (Phi) is 6.70. The van der Waals surface area contributed by atoms with Crippen LogP contribution in [0.1, 0.15) is 5.56 Å². The number of halogens is 5. The number of para-hydroxylation sites is 1. The van der Waals surface area contributed by atoms with Crippen molar-refractivity contribution in [2.45, 2.75) is 6.18 Å². The lowest BCUT2D eigenvalue weighted by atomic mass is 10.2. The van der Waals surface area contributed by atoms with Gasteiger partial charge in [-0.2, -0.15) is 23.4 Å². The van der Waals surface area contributed by atoms with E-state index in [1.165, 1.54) is 0 Å². The fourth-order valence-electron chi connectivity index (χ4n) is 2.60. The first-order valence-electron chi connectivity index (χ1n) is 8.69. The minimum atomic E-state index is -4.63. The lowest BCUT2D eigenvalue weighted by molar-refractivity contribution is -0.383. The summed E-state index contributed by atoms with van der Waals surface area (Å²) in [6, 6.07) is 13.2. The van der Waals surface area contributed by atoms with Crippen molar-refractivity contribution in [3.8, 4) is 11.4 Å². The maximum absolute atomic E-state index is 12.6. The van der Waals surface area contributed by atoms with E-state index in [0.29, 0.717) is 12.1 Å². The Hall–Kier alpha value is -3.57. The third-order valence-corrected chi connectivity index (χ3v) is 4.64. The molecule has 8 nitrogen and oxygen atoms in total. The second-order valence-corrected chi connectivity index (χ2v) is 6.97. The Morgan fingerprint density at radius 2 is 1.66 bits per heavy atom. The quantitative estimate of drug-likeness (QED) is 0.302. The molecule has 0 radical (unpaired) electrons. The summed E-state index contributed by atoms with van der Waals surface area (Å²) in [6.07, 6.45) is -0.0878. The van der Waals surface area contributed by atoms with Crippen LogP contribution in [0.15, 0.2) is 67.1 Å². The lowest BCUT2D eigenvalue weighted by Gasteiger charge is -2.12. The Balaban J connectivity index is 0.000000219. The van der Waals surface area contributed by atoms with E-state index in [1.807, 2.05) is 47.3 Å². The molecule has 0 unspecified atom stereocenters. The summed E-state index contributed by atoms with van der Waals surface area (Å²) in [5, 5.41) is 17.6. The van der Waals surface area contributed by atoms with E-state index in [0.717, 1.165) is 16.6 Å². The van der Waals surface area contributed by atoms with Crippen molar-refractivity contribution in [3.05, 3.63) is 92.8 Å². The number of alkyl halides is 3. The third-order valence-electron chi connectivity index (χ3n) is 4.06. The predicted octanol–water partition coefficient (Wildman–Crippen LogP) is 5.56. The summed E-state index contributed by atoms with van der Waals surface area (Å²) in [6.45, 7) is 0. The summed E-state index contributed by atoms with van der Waals surface area (Å²) < 4.78 is 40.5. The van der Waals surface area contributed by atoms with Crippen LogP contribution in [0.5, 0.6) is 0 Å². The van der Waals surface area contributed by atoms with E-state index < -0.39 is 28.2 Å². The minimum Gasteiger partial charge on any atom is -0.378 e. The van der Waals surface area contributed by atoms with Crippen LogP contribution in [0.25, 0.3) is 11.4 Å². The molecular weight excluding hydrogens is 472 g/mol. The topological polar surface area (TPSA) is 105 Å². The highest BCUT2D eigenvalue weighted by molar-refractivity contribution is 6.38. The number of benzene rings is 2. The molecule has 0 aliphatic heterocycles. The van der Waals surface area contributed by atoms with Gasteiger partial charge in [0.25, 0.3) is 0 Å². The van der Waals surface area contributed by atoms with Crippen molar-refractivity contribution in [3.63, 3.8) is 0 Å². The van der Waals surface area contributed by atoms with Gasteiger partial charge in [0.05, 0.1) is 26.2 Å². The fourth-order valence-corrected chi connectivity index (χ4v) is 3.25. The highest BCUT2D eigenvalue weighted by Crippen LogP contribution is 2.38. The van der Waals surface area contributed by atoms with Gasteiger partial charge in [0.1, 0.15) is 11.9 Å². The van der Waals surface area contributed by atoms with Crippen molar-refractivity contribution in [2.24, 2.45) is 0 Å². The van der Waals surface area contributed by atoms with Gasteiger partial charge in [0, 0.05) is 12.4 Å². The standard InChI is InChI=1S/C10H5Cl2F3N4O2.C9H8N2/c11-5-1-4(10(13,14)15)2-6(12)8(5)18-9(16)7(3-17-18)19(20)21;1-2-5-9(6-3-1)11-8-4-7-10-11/h1-3H,16H2;1-8H. The van der Waals surface area contributed by atoms with Gasteiger partial charge in [-0.3, -0.25) is 10.1 Å². The second-order valence-electron chi connectivity index (χ2n) is 6.16. The Morgan fingerprint density at radius 1 is 1.03 bits per heavy atom. The van der Waals surface area contributed by atoms with E-state index in [-0.39, 0.29) is 15.7 Å². The number of hydrogen-bond donors (Lipinski definition) is 1. The molecule has 0 spiro atoms. The normalized spacial score (nSPS) is 11.0. The number of hydrogen-bond acceptors (Lipinski definition) is 5. The van der Waals surface area contributed by atoms with Gasteiger partial charge in [0.2, 0.25) is 5.82 Å². The molecule has 2 heterocycles. The summed E-state index contributed by atoms with van der Waals surface area (Å²) in [7, 11) is 0. The smallest absolute Gasteiger partial charge is 0.378 e. The first kappa shape index (κ1) is 23.1. The van der Waals surface area contributed by atoms with Crippen LogP contribution in [0.3, 0.4) is 0 Å². The Bertz CT molecular complexity index is 1200. The zero-order valence-electron chi connectivity index (χ0n) is 15.9.